The van der Waals surface area contributed by atoms with E-state index in [0.717, 1.165) is 0 Å². The van der Waals surface area contributed by atoms with Crippen LogP contribution < -0.4 is 5.48 Å². The van der Waals surface area contributed by atoms with Gasteiger partial charge in [0, 0.05) is 6.54 Å². The molecule has 0 bridgehead atoms. The van der Waals surface area contributed by atoms with E-state index in [1.807, 2.05) is 0 Å². The summed E-state index contributed by atoms with van der Waals surface area (Å²) in [6, 6.07) is 0. The molecule has 0 amide bonds. The largest absolute Gasteiger partial charge is 0.390 e. The van der Waals surface area contributed by atoms with E-state index in [9.17, 15) is 5.11 Å². The van der Waals surface area contributed by atoms with Gasteiger partial charge in [-0.3, -0.25) is 0 Å². The van der Waals surface area contributed by atoms with Crippen LogP contribution in [0.15, 0.2) is 0 Å². The van der Waals surface area contributed by atoms with Crippen molar-refractivity contribution in [2.45, 2.75) is 39.7 Å². The first-order valence-electron chi connectivity index (χ1n) is 4.49. The molecule has 12 heavy (non-hydrogen) atoms. The Bertz CT molecular complexity index is 108. The van der Waals surface area contributed by atoms with E-state index in [-0.39, 0.29) is 0 Å². The SMILES string of the molecule is CC(C)CONCCC(C)(C)O. The summed E-state index contributed by atoms with van der Waals surface area (Å²) in [5, 5.41) is 9.33. The molecule has 0 aromatic carbocycles. The van der Waals surface area contributed by atoms with Crippen molar-refractivity contribution in [2.75, 3.05) is 13.2 Å². The summed E-state index contributed by atoms with van der Waals surface area (Å²) in [6.45, 7) is 9.17. The zero-order chi connectivity index (χ0) is 9.61. The van der Waals surface area contributed by atoms with Crippen molar-refractivity contribution < 1.29 is 9.94 Å². The van der Waals surface area contributed by atoms with Crippen molar-refractivity contribution in [3.8, 4) is 0 Å². The number of rotatable bonds is 6. The first kappa shape index (κ1) is 11.9. The van der Waals surface area contributed by atoms with Crippen LogP contribution in [-0.4, -0.2) is 23.9 Å². The third-order valence-corrected chi connectivity index (χ3v) is 1.36. The molecule has 0 rings (SSSR count). The van der Waals surface area contributed by atoms with E-state index in [1.54, 1.807) is 13.8 Å². The maximum atomic E-state index is 9.33. The molecular weight excluding hydrogens is 154 g/mol. The minimum atomic E-state index is -0.603. The molecule has 0 aliphatic carbocycles. The number of hydrogen-bond acceptors (Lipinski definition) is 3. The Labute approximate surface area is 75.1 Å². The van der Waals surface area contributed by atoms with Crippen molar-refractivity contribution >= 4 is 0 Å². The predicted molar refractivity (Wildman–Crippen MR) is 49.7 cm³/mol. The number of hydrogen-bond donors (Lipinski definition) is 2. The number of aliphatic hydroxyl groups is 1. The van der Waals surface area contributed by atoms with Crippen molar-refractivity contribution in [2.24, 2.45) is 5.92 Å². The fraction of sp³-hybridized carbons (Fsp3) is 1.00. The van der Waals surface area contributed by atoms with Gasteiger partial charge in [0.25, 0.3) is 0 Å². The summed E-state index contributed by atoms with van der Waals surface area (Å²) in [7, 11) is 0. The fourth-order valence-electron chi connectivity index (χ4n) is 0.655. The summed E-state index contributed by atoms with van der Waals surface area (Å²) in [5.41, 5.74) is 2.21. The Morgan fingerprint density at radius 2 is 2.00 bits per heavy atom. The van der Waals surface area contributed by atoms with Crippen LogP contribution in [0.5, 0.6) is 0 Å². The summed E-state index contributed by atoms with van der Waals surface area (Å²) in [5.74, 6) is 0.541. The van der Waals surface area contributed by atoms with E-state index in [4.69, 9.17) is 4.84 Å². The first-order valence-corrected chi connectivity index (χ1v) is 4.49. The second kappa shape index (κ2) is 5.51. The molecule has 0 aromatic rings. The third-order valence-electron chi connectivity index (χ3n) is 1.36. The van der Waals surface area contributed by atoms with Crippen LogP contribution in [0.25, 0.3) is 0 Å². The van der Waals surface area contributed by atoms with E-state index >= 15 is 0 Å². The highest BCUT2D eigenvalue weighted by Crippen LogP contribution is 2.04. The maximum Gasteiger partial charge on any atom is 0.0705 e. The smallest absolute Gasteiger partial charge is 0.0705 e. The summed E-state index contributed by atoms with van der Waals surface area (Å²) in [6.07, 6.45) is 0.699. The molecule has 3 heteroatoms. The molecule has 3 nitrogen and oxygen atoms in total. The standard InChI is InChI=1S/C9H21NO2/c1-8(2)7-12-10-6-5-9(3,4)11/h8,10-11H,5-7H2,1-4H3. The summed E-state index contributed by atoms with van der Waals surface area (Å²) >= 11 is 0. The van der Waals surface area contributed by atoms with E-state index in [0.29, 0.717) is 25.5 Å². The molecule has 0 atom stereocenters. The Balaban J connectivity index is 3.12. The lowest BCUT2D eigenvalue weighted by Gasteiger charge is -2.17. The molecule has 0 radical (unpaired) electrons. The molecular formula is C9H21NO2. The van der Waals surface area contributed by atoms with Crippen LogP contribution >= 0.6 is 0 Å². The van der Waals surface area contributed by atoms with Gasteiger partial charge in [0.2, 0.25) is 0 Å². The predicted octanol–water partition coefficient (Wildman–Crippen LogP) is 1.32. The van der Waals surface area contributed by atoms with Crippen molar-refractivity contribution in [1.82, 2.24) is 5.48 Å². The van der Waals surface area contributed by atoms with Crippen LogP contribution in [0, 0.1) is 5.92 Å². The molecule has 0 unspecified atom stereocenters. The topological polar surface area (TPSA) is 41.5 Å². The zero-order valence-corrected chi connectivity index (χ0v) is 8.55. The Hall–Kier alpha value is -0.120. The number of hydroxylamine groups is 1. The summed E-state index contributed by atoms with van der Waals surface area (Å²) in [4.78, 5) is 5.13. The molecule has 0 aromatic heterocycles. The van der Waals surface area contributed by atoms with Crippen LogP contribution in [0.3, 0.4) is 0 Å². The molecule has 0 aliphatic rings. The highest BCUT2D eigenvalue weighted by Gasteiger charge is 2.10. The quantitative estimate of drug-likeness (QED) is 0.472. The second-order valence-corrected chi connectivity index (χ2v) is 4.16. The minimum Gasteiger partial charge on any atom is -0.390 e. The van der Waals surface area contributed by atoms with E-state index in [1.165, 1.54) is 0 Å². The first-order chi connectivity index (χ1) is 5.42. The molecule has 74 valence electrons. The average molecular weight is 175 g/mol. The second-order valence-electron chi connectivity index (χ2n) is 4.16. The van der Waals surface area contributed by atoms with Gasteiger partial charge >= 0.3 is 0 Å². The van der Waals surface area contributed by atoms with Gasteiger partial charge in [-0.1, -0.05) is 13.8 Å². The fourth-order valence-corrected chi connectivity index (χ4v) is 0.655. The van der Waals surface area contributed by atoms with E-state index < -0.39 is 5.60 Å². The molecule has 2 N–H and O–H groups in total. The van der Waals surface area contributed by atoms with Gasteiger partial charge in [0.1, 0.15) is 0 Å². The Kier molecular flexibility index (Phi) is 5.46. The lowest BCUT2D eigenvalue weighted by Crippen LogP contribution is -2.27. The van der Waals surface area contributed by atoms with Crippen molar-refractivity contribution in [3.05, 3.63) is 0 Å². The lowest BCUT2D eigenvalue weighted by molar-refractivity contribution is 0.00314. The molecule has 0 spiro atoms. The highest BCUT2D eigenvalue weighted by molar-refractivity contribution is 4.64. The van der Waals surface area contributed by atoms with Gasteiger partial charge in [-0.15, -0.1) is 0 Å². The van der Waals surface area contributed by atoms with Gasteiger partial charge in [0.05, 0.1) is 12.2 Å². The minimum absolute atomic E-state index is 0.541. The zero-order valence-electron chi connectivity index (χ0n) is 8.55. The lowest BCUT2D eigenvalue weighted by atomic mass is 10.1. The van der Waals surface area contributed by atoms with Crippen LogP contribution in [0.2, 0.25) is 0 Å². The Morgan fingerprint density at radius 1 is 1.42 bits per heavy atom. The summed E-state index contributed by atoms with van der Waals surface area (Å²) < 4.78 is 0. The van der Waals surface area contributed by atoms with Gasteiger partial charge in [-0.2, -0.15) is 0 Å². The molecule has 0 saturated heterocycles. The van der Waals surface area contributed by atoms with Crippen LogP contribution in [0.4, 0.5) is 0 Å². The normalized spacial score (nSPS) is 12.5. The molecule has 0 saturated carbocycles. The average Bonchev–Trinajstić information content (AvgIpc) is 1.83. The Morgan fingerprint density at radius 3 is 2.42 bits per heavy atom. The monoisotopic (exact) mass is 175 g/mol. The molecule has 0 heterocycles. The van der Waals surface area contributed by atoms with Crippen LogP contribution in [0.1, 0.15) is 34.1 Å². The highest BCUT2D eigenvalue weighted by atomic mass is 16.6. The van der Waals surface area contributed by atoms with Gasteiger partial charge in [-0.05, 0) is 26.2 Å². The van der Waals surface area contributed by atoms with Crippen molar-refractivity contribution in [3.63, 3.8) is 0 Å². The molecule has 0 fully saturated rings. The molecule has 0 aliphatic heterocycles. The third kappa shape index (κ3) is 9.88. The maximum absolute atomic E-state index is 9.33. The van der Waals surface area contributed by atoms with Gasteiger partial charge < -0.3 is 9.94 Å². The van der Waals surface area contributed by atoms with Crippen LogP contribution in [-0.2, 0) is 4.84 Å². The van der Waals surface area contributed by atoms with Crippen molar-refractivity contribution in [1.29, 1.82) is 0 Å². The van der Waals surface area contributed by atoms with Gasteiger partial charge in [0.15, 0.2) is 0 Å². The van der Waals surface area contributed by atoms with E-state index in [2.05, 4.69) is 19.3 Å². The van der Waals surface area contributed by atoms with Gasteiger partial charge in [-0.25, -0.2) is 5.48 Å². The number of nitrogens with one attached hydrogen (secondary N) is 1.